The predicted octanol–water partition coefficient (Wildman–Crippen LogP) is 7.05. The molecule has 0 saturated heterocycles. The number of ether oxygens (including phenoxy) is 1. The Hall–Kier alpha value is -3.81. The Morgan fingerprint density at radius 2 is 1.59 bits per heavy atom. The van der Waals surface area contributed by atoms with Gasteiger partial charge in [-0.05, 0) is 72.0 Å². The SMILES string of the molecule is CCC[C@H](Oc1ccc(C(=O)NC[C@@H](C)C(=O)O)cc1)c1ccc(-c2ccc(C(F)(F)F)cc2)cc1C. The fraction of sp³-hybridized carbons (Fsp3) is 0.310. The smallest absolute Gasteiger partial charge is 0.416 e. The lowest BCUT2D eigenvalue weighted by Crippen LogP contribution is -2.31. The first kappa shape index (κ1) is 27.8. The monoisotopic (exact) mass is 513 g/mol. The van der Waals surface area contributed by atoms with Gasteiger partial charge in [0.05, 0.1) is 11.5 Å². The number of hydrogen-bond acceptors (Lipinski definition) is 3. The van der Waals surface area contributed by atoms with Crippen molar-refractivity contribution < 1.29 is 32.6 Å². The zero-order valence-corrected chi connectivity index (χ0v) is 20.9. The van der Waals surface area contributed by atoms with Gasteiger partial charge in [0.25, 0.3) is 5.91 Å². The second-order valence-electron chi connectivity index (χ2n) is 9.02. The first-order valence-electron chi connectivity index (χ1n) is 12.1. The molecule has 5 nitrogen and oxygen atoms in total. The number of hydrogen-bond donors (Lipinski definition) is 2. The molecule has 196 valence electrons. The molecule has 0 radical (unpaired) electrons. The lowest BCUT2D eigenvalue weighted by atomic mass is 9.95. The number of rotatable bonds is 10. The molecule has 2 N–H and O–H groups in total. The van der Waals surface area contributed by atoms with E-state index in [1.165, 1.54) is 19.1 Å². The minimum atomic E-state index is -4.37. The number of carboxylic acid groups (broad SMARTS) is 1. The molecule has 0 heterocycles. The van der Waals surface area contributed by atoms with E-state index in [1.54, 1.807) is 24.3 Å². The topological polar surface area (TPSA) is 75.6 Å². The zero-order valence-electron chi connectivity index (χ0n) is 20.9. The summed E-state index contributed by atoms with van der Waals surface area (Å²) in [4.78, 5) is 23.2. The van der Waals surface area contributed by atoms with E-state index in [9.17, 15) is 22.8 Å². The van der Waals surface area contributed by atoms with Crippen LogP contribution in [0.3, 0.4) is 0 Å². The summed E-state index contributed by atoms with van der Waals surface area (Å²) >= 11 is 0. The van der Waals surface area contributed by atoms with Crippen LogP contribution < -0.4 is 10.1 Å². The second-order valence-corrected chi connectivity index (χ2v) is 9.02. The Morgan fingerprint density at radius 1 is 0.973 bits per heavy atom. The molecule has 3 aromatic rings. The van der Waals surface area contributed by atoms with Crippen molar-refractivity contribution in [2.24, 2.45) is 5.92 Å². The summed E-state index contributed by atoms with van der Waals surface area (Å²) < 4.78 is 44.9. The quantitative estimate of drug-likeness (QED) is 0.305. The van der Waals surface area contributed by atoms with Gasteiger partial charge < -0.3 is 15.2 Å². The fourth-order valence-electron chi connectivity index (χ4n) is 3.89. The minimum absolute atomic E-state index is 0.0345. The second kappa shape index (κ2) is 12.0. The summed E-state index contributed by atoms with van der Waals surface area (Å²) in [6, 6.07) is 17.5. The van der Waals surface area contributed by atoms with Crippen LogP contribution in [0, 0.1) is 12.8 Å². The van der Waals surface area contributed by atoms with Crippen LogP contribution in [-0.4, -0.2) is 23.5 Å². The lowest BCUT2D eigenvalue weighted by Gasteiger charge is -2.22. The number of carbonyl (C=O) groups excluding carboxylic acids is 1. The molecule has 0 aromatic heterocycles. The molecule has 0 bridgehead atoms. The zero-order chi connectivity index (χ0) is 27.2. The van der Waals surface area contributed by atoms with E-state index in [-0.39, 0.29) is 18.6 Å². The van der Waals surface area contributed by atoms with Crippen molar-refractivity contribution >= 4 is 11.9 Å². The molecule has 0 aliphatic heterocycles. The van der Waals surface area contributed by atoms with Crippen LogP contribution in [0.5, 0.6) is 5.75 Å². The largest absolute Gasteiger partial charge is 0.486 e. The number of amides is 1. The van der Waals surface area contributed by atoms with E-state index in [4.69, 9.17) is 9.84 Å². The van der Waals surface area contributed by atoms with Crippen LogP contribution in [0.15, 0.2) is 66.7 Å². The highest BCUT2D eigenvalue weighted by Gasteiger charge is 2.30. The van der Waals surface area contributed by atoms with Gasteiger partial charge in [0, 0.05) is 12.1 Å². The molecule has 2 atom stereocenters. The first-order valence-corrected chi connectivity index (χ1v) is 12.1. The maximum Gasteiger partial charge on any atom is 0.416 e. The minimum Gasteiger partial charge on any atom is -0.486 e. The predicted molar refractivity (Wildman–Crippen MR) is 135 cm³/mol. The Balaban J connectivity index is 1.73. The molecular formula is C29H30F3NO4. The molecule has 8 heteroatoms. The standard InChI is InChI=1S/C29H30F3NO4/c1-4-5-26(37-24-13-8-21(9-14-24)27(34)33-17-19(3)28(35)36)25-15-10-22(16-18(25)2)20-6-11-23(12-7-20)29(30,31)32/h6-16,19,26H,4-5,17H2,1-3H3,(H,33,34)(H,35,36)/t19-,26+/m1/s1. The number of aryl methyl sites for hydroxylation is 1. The van der Waals surface area contributed by atoms with Gasteiger partial charge in [0.15, 0.2) is 0 Å². The van der Waals surface area contributed by atoms with Crippen molar-refractivity contribution in [2.45, 2.75) is 45.9 Å². The van der Waals surface area contributed by atoms with Crippen molar-refractivity contribution in [3.63, 3.8) is 0 Å². The molecule has 37 heavy (non-hydrogen) atoms. The highest BCUT2D eigenvalue weighted by molar-refractivity contribution is 5.94. The number of benzene rings is 3. The summed E-state index contributed by atoms with van der Waals surface area (Å²) in [7, 11) is 0. The van der Waals surface area contributed by atoms with Gasteiger partial charge in [-0.2, -0.15) is 13.2 Å². The highest BCUT2D eigenvalue weighted by atomic mass is 19.4. The number of alkyl halides is 3. The van der Waals surface area contributed by atoms with Crippen LogP contribution in [0.25, 0.3) is 11.1 Å². The Morgan fingerprint density at radius 3 is 2.14 bits per heavy atom. The summed E-state index contributed by atoms with van der Waals surface area (Å²) in [6.45, 7) is 5.55. The van der Waals surface area contributed by atoms with Gasteiger partial charge in [0.1, 0.15) is 11.9 Å². The third-order valence-electron chi connectivity index (χ3n) is 6.10. The third-order valence-corrected chi connectivity index (χ3v) is 6.10. The van der Waals surface area contributed by atoms with Gasteiger partial charge >= 0.3 is 12.1 Å². The van der Waals surface area contributed by atoms with Crippen LogP contribution in [0.2, 0.25) is 0 Å². The Kier molecular flexibility index (Phi) is 8.97. The van der Waals surface area contributed by atoms with E-state index in [2.05, 4.69) is 5.32 Å². The lowest BCUT2D eigenvalue weighted by molar-refractivity contribution is -0.141. The number of carboxylic acids is 1. The van der Waals surface area contributed by atoms with Crippen LogP contribution in [0.1, 0.15) is 59.8 Å². The summed E-state index contributed by atoms with van der Waals surface area (Å²) in [5.74, 6) is -1.44. The van der Waals surface area contributed by atoms with E-state index in [1.807, 2.05) is 32.0 Å². The molecule has 1 amide bonds. The van der Waals surface area contributed by atoms with E-state index < -0.39 is 23.6 Å². The molecule has 3 aromatic carbocycles. The molecule has 0 fully saturated rings. The van der Waals surface area contributed by atoms with Gasteiger partial charge in [0.2, 0.25) is 0 Å². The molecule has 0 unspecified atom stereocenters. The number of carbonyl (C=O) groups is 2. The number of halogens is 3. The Bertz CT molecular complexity index is 1220. The van der Waals surface area contributed by atoms with E-state index >= 15 is 0 Å². The van der Waals surface area contributed by atoms with Gasteiger partial charge in [-0.15, -0.1) is 0 Å². The van der Waals surface area contributed by atoms with E-state index in [0.717, 1.165) is 41.7 Å². The van der Waals surface area contributed by atoms with E-state index in [0.29, 0.717) is 16.9 Å². The van der Waals surface area contributed by atoms with Crippen LogP contribution in [-0.2, 0) is 11.0 Å². The van der Waals surface area contributed by atoms with Crippen molar-refractivity contribution in [2.75, 3.05) is 6.54 Å². The average Bonchev–Trinajstić information content (AvgIpc) is 2.86. The maximum absolute atomic E-state index is 12.9. The van der Waals surface area contributed by atoms with Crippen molar-refractivity contribution in [1.82, 2.24) is 5.32 Å². The third kappa shape index (κ3) is 7.35. The molecule has 0 spiro atoms. The molecule has 0 aliphatic rings. The Labute approximate surface area is 214 Å². The fourth-order valence-corrected chi connectivity index (χ4v) is 3.89. The maximum atomic E-state index is 12.9. The molecule has 3 rings (SSSR count). The van der Waals surface area contributed by atoms with Gasteiger partial charge in [-0.3, -0.25) is 9.59 Å². The number of nitrogens with one attached hydrogen (secondary N) is 1. The molecule has 0 saturated carbocycles. The van der Waals surface area contributed by atoms with Gasteiger partial charge in [-0.25, -0.2) is 0 Å². The van der Waals surface area contributed by atoms with Gasteiger partial charge in [-0.1, -0.05) is 50.6 Å². The average molecular weight is 514 g/mol. The molecular weight excluding hydrogens is 483 g/mol. The van der Waals surface area contributed by atoms with Crippen molar-refractivity contribution in [1.29, 1.82) is 0 Å². The highest BCUT2D eigenvalue weighted by Crippen LogP contribution is 2.33. The summed E-state index contributed by atoms with van der Waals surface area (Å²) in [6.07, 6.45) is -3.00. The molecule has 0 aliphatic carbocycles. The van der Waals surface area contributed by atoms with Crippen molar-refractivity contribution in [3.8, 4) is 16.9 Å². The normalized spacial score (nSPS) is 13.0. The number of aliphatic carboxylic acids is 1. The summed E-state index contributed by atoms with van der Waals surface area (Å²) in [5, 5.41) is 11.6. The van der Waals surface area contributed by atoms with Crippen molar-refractivity contribution in [3.05, 3.63) is 89.0 Å². The van der Waals surface area contributed by atoms with Crippen LogP contribution in [0.4, 0.5) is 13.2 Å². The van der Waals surface area contributed by atoms with Crippen LogP contribution >= 0.6 is 0 Å². The summed E-state index contributed by atoms with van der Waals surface area (Å²) in [5.41, 5.74) is 3.16. The first-order chi connectivity index (χ1) is 17.5.